The van der Waals surface area contributed by atoms with E-state index in [2.05, 4.69) is 37.4 Å². The third-order valence-corrected chi connectivity index (χ3v) is 7.55. The number of fused-ring (bicyclic) bond motifs is 1. The van der Waals surface area contributed by atoms with Gasteiger partial charge in [-0.25, -0.2) is 14.4 Å². The van der Waals surface area contributed by atoms with Gasteiger partial charge >= 0.3 is 0 Å². The molecular formula is C29H31FN8O2S. The first-order chi connectivity index (χ1) is 19.7. The van der Waals surface area contributed by atoms with Gasteiger partial charge in [0.1, 0.15) is 11.5 Å². The fraction of sp³-hybridized carbons (Fsp3) is 0.345. The zero-order valence-corrected chi connectivity index (χ0v) is 24.2. The highest BCUT2D eigenvalue weighted by Crippen LogP contribution is 2.26. The largest absolute Gasteiger partial charge is 0.367 e. The van der Waals surface area contributed by atoms with Gasteiger partial charge < -0.3 is 20.4 Å². The predicted octanol–water partition coefficient (Wildman–Crippen LogP) is 3.15. The predicted molar refractivity (Wildman–Crippen MR) is 159 cm³/mol. The van der Waals surface area contributed by atoms with E-state index in [0.29, 0.717) is 22.4 Å². The molecular weight excluding hydrogens is 543 g/mol. The standard InChI is InChI=1S/C29H31FN8O2S/c1-18(2)26-24(41-17-33-26)16-38-27-20(13-19(28(38)40)5-8-25(39)36(3)4)15-32-29(35-27)34-21-6-7-23(22(30)14-21)37-11-9-31-10-12-37/h6-7,13-15,17-18,31H,9-12,16H2,1-4H3,(H,32,34,35). The molecule has 4 heterocycles. The third-order valence-electron chi connectivity index (χ3n) is 6.72. The molecule has 0 atom stereocenters. The Labute approximate surface area is 241 Å². The van der Waals surface area contributed by atoms with Crippen molar-refractivity contribution in [1.29, 1.82) is 0 Å². The molecule has 0 saturated carbocycles. The van der Waals surface area contributed by atoms with E-state index in [1.54, 1.807) is 44.0 Å². The average Bonchev–Trinajstić information content (AvgIpc) is 3.43. The molecule has 3 aromatic heterocycles. The van der Waals surface area contributed by atoms with Crippen molar-refractivity contribution in [1.82, 2.24) is 29.7 Å². The van der Waals surface area contributed by atoms with E-state index >= 15 is 4.39 Å². The molecule has 212 valence electrons. The fourth-order valence-corrected chi connectivity index (χ4v) is 5.48. The molecule has 1 aliphatic rings. The molecule has 1 amide bonds. The summed E-state index contributed by atoms with van der Waals surface area (Å²) in [5.41, 5.74) is 3.88. The monoisotopic (exact) mass is 574 g/mol. The summed E-state index contributed by atoms with van der Waals surface area (Å²) in [6, 6.07) is 6.54. The number of hydrogen-bond donors (Lipinski definition) is 2. The second kappa shape index (κ2) is 12.0. The maximum atomic E-state index is 15.0. The van der Waals surface area contributed by atoms with Crippen molar-refractivity contribution in [3.63, 3.8) is 0 Å². The van der Waals surface area contributed by atoms with Crippen molar-refractivity contribution in [3.8, 4) is 11.8 Å². The average molecular weight is 575 g/mol. The maximum absolute atomic E-state index is 15.0. The van der Waals surface area contributed by atoms with Crippen molar-refractivity contribution in [3.05, 3.63) is 68.3 Å². The van der Waals surface area contributed by atoms with Crippen molar-refractivity contribution < 1.29 is 9.18 Å². The van der Waals surface area contributed by atoms with Crippen LogP contribution in [0.3, 0.4) is 0 Å². The summed E-state index contributed by atoms with van der Waals surface area (Å²) < 4.78 is 16.5. The minimum atomic E-state index is -0.411. The third kappa shape index (κ3) is 6.21. The number of carbonyl (C=O) groups is 1. The van der Waals surface area contributed by atoms with Crippen LogP contribution in [0, 0.1) is 17.7 Å². The quantitative estimate of drug-likeness (QED) is 0.338. The Morgan fingerprint density at radius 1 is 1.22 bits per heavy atom. The number of pyridine rings is 1. The number of rotatable bonds is 6. The Hall–Kier alpha value is -4.34. The first-order valence-electron chi connectivity index (χ1n) is 13.3. The van der Waals surface area contributed by atoms with E-state index in [9.17, 15) is 9.59 Å². The van der Waals surface area contributed by atoms with Crippen LogP contribution < -0.4 is 21.1 Å². The van der Waals surface area contributed by atoms with Gasteiger partial charge in [0.05, 0.1) is 29.0 Å². The second-order valence-electron chi connectivity index (χ2n) is 10.2. The highest BCUT2D eigenvalue weighted by molar-refractivity contribution is 7.09. The van der Waals surface area contributed by atoms with E-state index in [1.165, 1.54) is 26.9 Å². The zero-order valence-electron chi connectivity index (χ0n) is 23.4. The van der Waals surface area contributed by atoms with Crippen LogP contribution in [-0.4, -0.2) is 70.6 Å². The smallest absolute Gasteiger partial charge is 0.298 e. The Morgan fingerprint density at radius 3 is 2.71 bits per heavy atom. The fourth-order valence-electron chi connectivity index (χ4n) is 4.58. The summed E-state index contributed by atoms with van der Waals surface area (Å²) in [5, 5.41) is 6.92. The molecule has 12 heteroatoms. The van der Waals surface area contributed by atoms with Gasteiger partial charge in [-0.1, -0.05) is 19.8 Å². The van der Waals surface area contributed by atoms with Crippen LogP contribution in [0.15, 0.2) is 40.8 Å². The number of thiazole rings is 1. The lowest BCUT2D eigenvalue weighted by Crippen LogP contribution is -2.43. The number of carbonyl (C=O) groups excluding carboxylic acids is 1. The van der Waals surface area contributed by atoms with Crippen LogP contribution in [0.4, 0.5) is 21.7 Å². The van der Waals surface area contributed by atoms with E-state index < -0.39 is 5.91 Å². The van der Waals surface area contributed by atoms with E-state index in [4.69, 9.17) is 0 Å². The van der Waals surface area contributed by atoms with Gasteiger partial charge in [0.2, 0.25) is 5.95 Å². The Bertz CT molecular complexity index is 1710. The van der Waals surface area contributed by atoms with Crippen molar-refractivity contribution in [2.75, 3.05) is 50.5 Å². The highest BCUT2D eigenvalue weighted by Gasteiger charge is 2.18. The first kappa shape index (κ1) is 28.2. The number of aromatic nitrogens is 4. The molecule has 5 rings (SSSR count). The van der Waals surface area contributed by atoms with E-state index in [1.807, 2.05) is 18.7 Å². The topological polar surface area (TPSA) is 108 Å². The molecule has 2 N–H and O–H groups in total. The van der Waals surface area contributed by atoms with Crippen molar-refractivity contribution in [2.45, 2.75) is 26.3 Å². The minimum absolute atomic E-state index is 0.165. The molecule has 1 saturated heterocycles. The van der Waals surface area contributed by atoms with Crippen LogP contribution in [0.25, 0.3) is 11.0 Å². The highest BCUT2D eigenvalue weighted by atomic mass is 32.1. The summed E-state index contributed by atoms with van der Waals surface area (Å²) in [6.45, 7) is 7.42. The van der Waals surface area contributed by atoms with Crippen molar-refractivity contribution in [2.24, 2.45) is 0 Å². The van der Waals surface area contributed by atoms with Gasteiger partial charge in [0, 0.05) is 68.3 Å². The van der Waals surface area contributed by atoms with Crippen LogP contribution >= 0.6 is 11.3 Å². The molecule has 0 radical (unpaired) electrons. The van der Waals surface area contributed by atoms with Gasteiger partial charge in [-0.2, -0.15) is 4.98 Å². The molecule has 1 aliphatic heterocycles. The Morgan fingerprint density at radius 2 is 2.00 bits per heavy atom. The van der Waals surface area contributed by atoms with Gasteiger partial charge in [0.25, 0.3) is 11.5 Å². The Kier molecular flexibility index (Phi) is 8.28. The number of nitrogens with zero attached hydrogens (tertiary/aromatic N) is 6. The SMILES string of the molecule is CC(C)c1ncsc1Cn1c(=O)c(C#CC(=O)N(C)C)cc2cnc(Nc3ccc(N4CCNCC4)c(F)c3)nc21. The lowest BCUT2D eigenvalue weighted by molar-refractivity contribution is -0.122. The van der Waals surface area contributed by atoms with Crippen LogP contribution in [0.1, 0.15) is 35.9 Å². The molecule has 41 heavy (non-hydrogen) atoms. The van der Waals surface area contributed by atoms with Crippen LogP contribution in [0.2, 0.25) is 0 Å². The van der Waals surface area contributed by atoms with Gasteiger partial charge in [-0.3, -0.25) is 14.2 Å². The van der Waals surface area contributed by atoms with E-state index in [0.717, 1.165) is 36.8 Å². The van der Waals surface area contributed by atoms with Crippen LogP contribution in [-0.2, 0) is 11.3 Å². The summed E-state index contributed by atoms with van der Waals surface area (Å²) in [6.07, 6.45) is 1.58. The van der Waals surface area contributed by atoms with Gasteiger partial charge in [0.15, 0.2) is 0 Å². The van der Waals surface area contributed by atoms with E-state index in [-0.39, 0.29) is 35.4 Å². The lowest BCUT2D eigenvalue weighted by atomic mass is 10.1. The number of halogens is 1. The molecule has 4 aromatic rings. The molecule has 1 fully saturated rings. The summed E-state index contributed by atoms with van der Waals surface area (Å²) in [5.74, 6) is 4.89. The molecule has 0 unspecified atom stereocenters. The number of piperazine rings is 1. The number of nitrogens with one attached hydrogen (secondary N) is 2. The summed E-state index contributed by atoms with van der Waals surface area (Å²) >= 11 is 1.46. The molecule has 0 spiro atoms. The van der Waals surface area contributed by atoms with Crippen LogP contribution in [0.5, 0.6) is 0 Å². The molecule has 0 bridgehead atoms. The summed E-state index contributed by atoms with van der Waals surface area (Å²) in [4.78, 5) is 43.6. The number of amides is 1. The maximum Gasteiger partial charge on any atom is 0.298 e. The van der Waals surface area contributed by atoms with Crippen molar-refractivity contribution >= 4 is 45.6 Å². The molecule has 1 aromatic carbocycles. The number of anilines is 3. The number of hydrogen-bond acceptors (Lipinski definition) is 9. The van der Waals surface area contributed by atoms with Gasteiger partial charge in [-0.15, -0.1) is 11.3 Å². The zero-order chi connectivity index (χ0) is 29.1. The minimum Gasteiger partial charge on any atom is -0.367 e. The molecule has 10 nitrogen and oxygen atoms in total. The normalized spacial score (nSPS) is 13.3. The lowest BCUT2D eigenvalue weighted by Gasteiger charge is -2.29. The molecule has 0 aliphatic carbocycles. The Balaban J connectivity index is 1.53. The van der Waals surface area contributed by atoms with Gasteiger partial charge in [-0.05, 0) is 30.2 Å². The second-order valence-corrected chi connectivity index (χ2v) is 11.2. The first-order valence-corrected chi connectivity index (χ1v) is 14.2. The number of benzene rings is 1. The summed E-state index contributed by atoms with van der Waals surface area (Å²) in [7, 11) is 3.19.